The number of rotatable bonds is 4. The highest BCUT2D eigenvalue weighted by atomic mass is 16.5. The van der Waals surface area contributed by atoms with Gasteiger partial charge in [-0.15, -0.1) is 0 Å². The second-order valence-electron chi connectivity index (χ2n) is 4.40. The van der Waals surface area contributed by atoms with Crippen LogP contribution in [-0.4, -0.2) is 27.4 Å². The molecule has 1 atom stereocenters. The first-order valence-electron chi connectivity index (χ1n) is 5.77. The molecule has 1 unspecified atom stereocenters. The first-order valence-corrected chi connectivity index (χ1v) is 5.77. The van der Waals surface area contributed by atoms with E-state index in [1.54, 1.807) is 25.4 Å². The van der Waals surface area contributed by atoms with Crippen LogP contribution < -0.4 is 0 Å². The molecule has 0 saturated carbocycles. The topological polar surface area (TPSA) is 18.5 Å². The summed E-state index contributed by atoms with van der Waals surface area (Å²) >= 11 is 0. The maximum atomic E-state index is 5.28. The van der Waals surface area contributed by atoms with E-state index >= 15 is 0 Å². The summed E-state index contributed by atoms with van der Waals surface area (Å²) in [4.78, 5) is 0. The highest BCUT2D eigenvalue weighted by Crippen LogP contribution is 2.40. The Morgan fingerprint density at radius 3 is 2.73 bits per heavy atom. The molecule has 2 aliphatic carbocycles. The van der Waals surface area contributed by atoms with Crippen molar-refractivity contribution >= 4 is 0 Å². The van der Waals surface area contributed by atoms with Crippen molar-refractivity contribution in [1.29, 1.82) is 0 Å². The molecular weight excluding hydrogens is 188 g/mol. The van der Waals surface area contributed by atoms with Crippen LogP contribution in [0.25, 0.3) is 0 Å². The third-order valence-electron chi connectivity index (χ3n) is 3.39. The predicted octanol–water partition coefficient (Wildman–Crippen LogP) is 2.71. The SMILES string of the molecule is COCC1=CC(COC)C2=C1CCCC2. The van der Waals surface area contributed by atoms with E-state index in [2.05, 4.69) is 6.08 Å². The van der Waals surface area contributed by atoms with E-state index in [0.29, 0.717) is 5.92 Å². The second-order valence-corrected chi connectivity index (χ2v) is 4.40. The largest absolute Gasteiger partial charge is 0.384 e. The van der Waals surface area contributed by atoms with E-state index in [0.717, 1.165) is 13.2 Å². The molecule has 15 heavy (non-hydrogen) atoms. The molecule has 0 aromatic rings. The van der Waals surface area contributed by atoms with Gasteiger partial charge in [0.15, 0.2) is 0 Å². The third kappa shape index (κ3) is 2.16. The van der Waals surface area contributed by atoms with Gasteiger partial charge in [0.25, 0.3) is 0 Å². The Labute approximate surface area is 92.0 Å². The van der Waals surface area contributed by atoms with Crippen LogP contribution in [0.1, 0.15) is 25.7 Å². The molecule has 0 heterocycles. The molecule has 0 bridgehead atoms. The molecule has 2 rings (SSSR count). The average molecular weight is 208 g/mol. The number of ether oxygens (including phenoxy) is 2. The molecule has 0 aliphatic heterocycles. The lowest BCUT2D eigenvalue weighted by molar-refractivity contribution is 0.179. The Morgan fingerprint density at radius 2 is 2.00 bits per heavy atom. The molecule has 0 aromatic heterocycles. The van der Waals surface area contributed by atoms with Gasteiger partial charge in [-0.1, -0.05) is 11.6 Å². The van der Waals surface area contributed by atoms with Crippen molar-refractivity contribution in [3.8, 4) is 0 Å². The monoisotopic (exact) mass is 208 g/mol. The zero-order chi connectivity index (χ0) is 10.7. The van der Waals surface area contributed by atoms with E-state index in [9.17, 15) is 0 Å². The first-order chi connectivity index (χ1) is 7.36. The Kier molecular flexibility index (Phi) is 3.60. The van der Waals surface area contributed by atoms with Crippen molar-refractivity contribution < 1.29 is 9.47 Å². The zero-order valence-electron chi connectivity index (χ0n) is 9.71. The van der Waals surface area contributed by atoms with Gasteiger partial charge in [-0.2, -0.15) is 0 Å². The molecule has 0 saturated heterocycles. The summed E-state index contributed by atoms with van der Waals surface area (Å²) in [7, 11) is 3.55. The molecule has 2 aliphatic rings. The quantitative estimate of drug-likeness (QED) is 0.707. The minimum absolute atomic E-state index is 0.524. The van der Waals surface area contributed by atoms with Crippen molar-refractivity contribution in [2.45, 2.75) is 25.7 Å². The van der Waals surface area contributed by atoms with E-state index in [1.165, 1.54) is 31.3 Å². The van der Waals surface area contributed by atoms with Crippen molar-refractivity contribution in [1.82, 2.24) is 0 Å². The van der Waals surface area contributed by atoms with Crippen LogP contribution in [0.2, 0.25) is 0 Å². The van der Waals surface area contributed by atoms with Gasteiger partial charge < -0.3 is 9.47 Å². The summed E-state index contributed by atoms with van der Waals surface area (Å²) in [6, 6.07) is 0. The van der Waals surface area contributed by atoms with Gasteiger partial charge in [-0.25, -0.2) is 0 Å². The van der Waals surface area contributed by atoms with Crippen LogP contribution >= 0.6 is 0 Å². The predicted molar refractivity (Wildman–Crippen MR) is 60.8 cm³/mol. The maximum Gasteiger partial charge on any atom is 0.0712 e. The van der Waals surface area contributed by atoms with Gasteiger partial charge in [0.05, 0.1) is 13.2 Å². The van der Waals surface area contributed by atoms with E-state index in [1.807, 2.05) is 0 Å². The molecule has 2 nitrogen and oxygen atoms in total. The van der Waals surface area contributed by atoms with Crippen LogP contribution in [0.5, 0.6) is 0 Å². The van der Waals surface area contributed by atoms with Gasteiger partial charge in [0.1, 0.15) is 0 Å². The number of hydrogen-bond donors (Lipinski definition) is 0. The Morgan fingerprint density at radius 1 is 1.20 bits per heavy atom. The standard InChI is InChI=1S/C13H20O2/c1-14-8-10-7-11(9-15-2)13-6-4-3-5-12(10)13/h7,10H,3-6,8-9H2,1-2H3. The highest BCUT2D eigenvalue weighted by Gasteiger charge is 2.27. The van der Waals surface area contributed by atoms with Crippen LogP contribution in [-0.2, 0) is 9.47 Å². The van der Waals surface area contributed by atoms with Gasteiger partial charge in [-0.3, -0.25) is 0 Å². The fraction of sp³-hybridized carbons (Fsp3) is 0.692. The highest BCUT2D eigenvalue weighted by molar-refractivity contribution is 5.46. The second kappa shape index (κ2) is 4.95. The van der Waals surface area contributed by atoms with Crippen molar-refractivity contribution in [2.75, 3.05) is 27.4 Å². The first kappa shape index (κ1) is 10.9. The number of hydrogen-bond acceptors (Lipinski definition) is 2. The molecule has 0 aromatic carbocycles. The summed E-state index contributed by atoms with van der Waals surface area (Å²) < 4.78 is 10.5. The molecule has 0 fully saturated rings. The molecule has 0 spiro atoms. The molecule has 0 radical (unpaired) electrons. The van der Waals surface area contributed by atoms with Crippen LogP contribution in [0.15, 0.2) is 22.8 Å². The van der Waals surface area contributed by atoms with Gasteiger partial charge in [-0.05, 0) is 36.8 Å². The van der Waals surface area contributed by atoms with E-state index in [-0.39, 0.29) is 0 Å². The molecular formula is C13H20O2. The van der Waals surface area contributed by atoms with Crippen LogP contribution in [0.3, 0.4) is 0 Å². The average Bonchev–Trinajstić information content (AvgIpc) is 2.59. The molecule has 0 N–H and O–H groups in total. The molecule has 2 heteroatoms. The fourth-order valence-electron chi connectivity index (χ4n) is 2.77. The van der Waals surface area contributed by atoms with Gasteiger partial charge in [0.2, 0.25) is 0 Å². The number of methoxy groups -OCH3 is 2. The molecule has 0 amide bonds. The minimum atomic E-state index is 0.524. The zero-order valence-corrected chi connectivity index (χ0v) is 9.71. The lowest BCUT2D eigenvalue weighted by Gasteiger charge is -2.20. The summed E-state index contributed by atoms with van der Waals surface area (Å²) in [6.07, 6.45) is 7.52. The normalized spacial score (nSPS) is 25.5. The Balaban J connectivity index is 2.17. The Hall–Kier alpha value is -0.600. The minimum Gasteiger partial charge on any atom is -0.384 e. The third-order valence-corrected chi connectivity index (χ3v) is 3.39. The fourth-order valence-corrected chi connectivity index (χ4v) is 2.77. The lowest BCUT2D eigenvalue weighted by Crippen LogP contribution is -2.09. The summed E-state index contributed by atoms with van der Waals surface area (Å²) in [6.45, 7) is 1.59. The smallest absolute Gasteiger partial charge is 0.0712 e. The Bertz CT molecular complexity index is 289. The van der Waals surface area contributed by atoms with Gasteiger partial charge >= 0.3 is 0 Å². The molecule has 84 valence electrons. The van der Waals surface area contributed by atoms with Crippen molar-refractivity contribution in [3.05, 3.63) is 22.8 Å². The summed E-state index contributed by atoms with van der Waals surface area (Å²) in [5.41, 5.74) is 4.61. The summed E-state index contributed by atoms with van der Waals surface area (Å²) in [5.74, 6) is 0.524. The van der Waals surface area contributed by atoms with Crippen molar-refractivity contribution in [2.24, 2.45) is 5.92 Å². The van der Waals surface area contributed by atoms with E-state index < -0.39 is 0 Å². The van der Waals surface area contributed by atoms with Gasteiger partial charge in [0, 0.05) is 20.1 Å². The van der Waals surface area contributed by atoms with Crippen LogP contribution in [0.4, 0.5) is 0 Å². The lowest BCUT2D eigenvalue weighted by atomic mass is 9.88. The summed E-state index contributed by atoms with van der Waals surface area (Å²) in [5, 5.41) is 0. The van der Waals surface area contributed by atoms with Crippen LogP contribution in [0, 0.1) is 5.92 Å². The van der Waals surface area contributed by atoms with E-state index in [4.69, 9.17) is 9.47 Å². The maximum absolute atomic E-state index is 5.28. The van der Waals surface area contributed by atoms with Crippen molar-refractivity contribution in [3.63, 3.8) is 0 Å².